The van der Waals surface area contributed by atoms with E-state index in [1.54, 1.807) is 6.07 Å². The minimum atomic E-state index is -0.0887. The molecular formula is C16H25FN2. The van der Waals surface area contributed by atoms with Gasteiger partial charge in [0, 0.05) is 25.2 Å². The zero-order chi connectivity index (χ0) is 13.8. The van der Waals surface area contributed by atoms with Crippen molar-refractivity contribution >= 4 is 5.69 Å². The normalized spacial score (nSPS) is 24.9. The molecule has 1 N–H and O–H groups in total. The van der Waals surface area contributed by atoms with Crippen LogP contribution in [-0.2, 0) is 0 Å². The molecule has 0 amide bonds. The third kappa shape index (κ3) is 3.69. The summed E-state index contributed by atoms with van der Waals surface area (Å²) >= 11 is 0. The highest BCUT2D eigenvalue weighted by atomic mass is 19.1. The molecule has 2 nitrogen and oxygen atoms in total. The number of anilines is 1. The Balaban J connectivity index is 2.14. The molecule has 1 aromatic rings. The van der Waals surface area contributed by atoms with Crippen LogP contribution in [0.4, 0.5) is 10.1 Å². The molecule has 1 aliphatic rings. The number of aryl methyl sites for hydroxylation is 1. The molecule has 19 heavy (non-hydrogen) atoms. The Morgan fingerprint density at radius 2 is 2.05 bits per heavy atom. The third-order valence-electron chi connectivity index (χ3n) is 4.04. The number of nitrogens with one attached hydrogen (secondary N) is 1. The van der Waals surface area contributed by atoms with Crippen LogP contribution < -0.4 is 10.2 Å². The molecule has 1 aromatic carbocycles. The molecule has 2 atom stereocenters. The van der Waals surface area contributed by atoms with Crippen molar-refractivity contribution in [1.82, 2.24) is 5.32 Å². The molecule has 0 aromatic heterocycles. The predicted octanol–water partition coefficient (Wildman–Crippen LogP) is 3.49. The number of halogens is 1. The van der Waals surface area contributed by atoms with E-state index in [0.29, 0.717) is 12.1 Å². The van der Waals surface area contributed by atoms with E-state index in [-0.39, 0.29) is 5.82 Å². The summed E-state index contributed by atoms with van der Waals surface area (Å²) in [5, 5.41) is 3.64. The molecule has 3 heteroatoms. The number of rotatable bonds is 2. The molecule has 0 saturated carbocycles. The van der Waals surface area contributed by atoms with Gasteiger partial charge >= 0.3 is 0 Å². The van der Waals surface area contributed by atoms with Crippen molar-refractivity contribution in [1.29, 1.82) is 0 Å². The molecule has 1 aliphatic heterocycles. The molecule has 2 rings (SSSR count). The van der Waals surface area contributed by atoms with Gasteiger partial charge in [0.2, 0.25) is 0 Å². The first-order valence-electron chi connectivity index (χ1n) is 7.37. The van der Waals surface area contributed by atoms with Gasteiger partial charge in [-0.1, -0.05) is 13.0 Å². The second-order valence-corrected chi connectivity index (χ2v) is 5.69. The molecule has 1 heterocycles. The second kappa shape index (κ2) is 6.38. The lowest BCUT2D eigenvalue weighted by molar-refractivity contribution is 0.377. The summed E-state index contributed by atoms with van der Waals surface area (Å²) in [6.07, 6.45) is 3.27. The van der Waals surface area contributed by atoms with Gasteiger partial charge in [-0.25, -0.2) is 4.39 Å². The van der Waals surface area contributed by atoms with Crippen LogP contribution in [0.3, 0.4) is 0 Å². The summed E-state index contributed by atoms with van der Waals surface area (Å²) in [5.41, 5.74) is 1.74. The highest BCUT2D eigenvalue weighted by Crippen LogP contribution is 2.22. The Morgan fingerprint density at radius 3 is 2.74 bits per heavy atom. The van der Waals surface area contributed by atoms with E-state index in [1.807, 2.05) is 19.1 Å². The predicted molar refractivity (Wildman–Crippen MR) is 79.3 cm³/mol. The van der Waals surface area contributed by atoms with Crippen LogP contribution in [0, 0.1) is 12.7 Å². The first-order valence-corrected chi connectivity index (χ1v) is 7.37. The molecule has 0 aliphatic carbocycles. The van der Waals surface area contributed by atoms with Crippen molar-refractivity contribution in [2.75, 3.05) is 18.0 Å². The van der Waals surface area contributed by atoms with Gasteiger partial charge in [-0.2, -0.15) is 0 Å². The van der Waals surface area contributed by atoms with Crippen molar-refractivity contribution in [3.63, 3.8) is 0 Å². The van der Waals surface area contributed by atoms with Crippen LogP contribution >= 0.6 is 0 Å². The van der Waals surface area contributed by atoms with Gasteiger partial charge in [0.1, 0.15) is 5.82 Å². The highest BCUT2D eigenvalue weighted by Gasteiger charge is 2.19. The maximum absolute atomic E-state index is 14.1. The van der Waals surface area contributed by atoms with E-state index in [4.69, 9.17) is 0 Å². The van der Waals surface area contributed by atoms with Crippen LogP contribution in [0.15, 0.2) is 18.2 Å². The summed E-state index contributed by atoms with van der Waals surface area (Å²) in [6.45, 7) is 8.21. The second-order valence-electron chi connectivity index (χ2n) is 5.69. The van der Waals surface area contributed by atoms with Crippen LogP contribution in [0.25, 0.3) is 0 Å². The lowest BCUT2D eigenvalue weighted by Crippen LogP contribution is -2.44. The lowest BCUT2D eigenvalue weighted by atomic mass is 10.0. The van der Waals surface area contributed by atoms with Crippen molar-refractivity contribution in [2.24, 2.45) is 0 Å². The molecule has 0 bridgehead atoms. The zero-order valence-corrected chi connectivity index (χ0v) is 12.2. The molecule has 106 valence electrons. The number of hydrogen-bond donors (Lipinski definition) is 1. The molecule has 0 spiro atoms. The van der Waals surface area contributed by atoms with Crippen molar-refractivity contribution in [3.05, 3.63) is 29.6 Å². The number of benzene rings is 1. The van der Waals surface area contributed by atoms with Gasteiger partial charge in [-0.05, 0) is 50.8 Å². The van der Waals surface area contributed by atoms with Crippen molar-refractivity contribution in [2.45, 2.75) is 52.1 Å². The number of hydrogen-bond acceptors (Lipinski definition) is 2. The van der Waals surface area contributed by atoms with Crippen molar-refractivity contribution in [3.8, 4) is 0 Å². The third-order valence-corrected chi connectivity index (χ3v) is 4.04. The van der Waals surface area contributed by atoms with E-state index < -0.39 is 0 Å². The Bertz CT molecular complexity index is 419. The monoisotopic (exact) mass is 264 g/mol. The van der Waals surface area contributed by atoms with Gasteiger partial charge < -0.3 is 10.2 Å². The van der Waals surface area contributed by atoms with Crippen LogP contribution in [0.2, 0.25) is 0 Å². The van der Waals surface area contributed by atoms with Crippen molar-refractivity contribution < 1.29 is 4.39 Å². The highest BCUT2D eigenvalue weighted by molar-refractivity contribution is 5.49. The molecule has 1 saturated heterocycles. The SMILES string of the molecule is CCC1CCN(c2ccc(C)cc2F)CCC(C)N1. The molecule has 0 radical (unpaired) electrons. The lowest BCUT2D eigenvalue weighted by Gasteiger charge is -2.33. The average molecular weight is 264 g/mol. The fraction of sp³-hybridized carbons (Fsp3) is 0.625. The minimum Gasteiger partial charge on any atom is -0.369 e. The maximum atomic E-state index is 14.1. The maximum Gasteiger partial charge on any atom is 0.146 e. The summed E-state index contributed by atoms with van der Waals surface area (Å²) < 4.78 is 14.1. The average Bonchev–Trinajstić information content (AvgIpc) is 2.35. The fourth-order valence-corrected chi connectivity index (χ4v) is 2.77. The van der Waals surface area contributed by atoms with E-state index in [2.05, 4.69) is 24.1 Å². The van der Waals surface area contributed by atoms with Gasteiger partial charge in [0.05, 0.1) is 5.69 Å². The van der Waals surface area contributed by atoms with Gasteiger partial charge in [0.15, 0.2) is 0 Å². The topological polar surface area (TPSA) is 15.3 Å². The van der Waals surface area contributed by atoms with E-state index in [1.165, 1.54) is 0 Å². The Hall–Kier alpha value is -1.09. The van der Waals surface area contributed by atoms with E-state index >= 15 is 0 Å². The summed E-state index contributed by atoms with van der Waals surface area (Å²) in [6, 6.07) is 6.60. The first-order chi connectivity index (χ1) is 9.10. The quantitative estimate of drug-likeness (QED) is 0.879. The Kier molecular flexibility index (Phi) is 4.81. The first kappa shape index (κ1) is 14.3. The Labute approximate surface area is 116 Å². The van der Waals surface area contributed by atoms with E-state index in [0.717, 1.165) is 43.6 Å². The van der Waals surface area contributed by atoms with E-state index in [9.17, 15) is 4.39 Å². The van der Waals surface area contributed by atoms with Gasteiger partial charge in [0.25, 0.3) is 0 Å². The summed E-state index contributed by atoms with van der Waals surface area (Å²) in [7, 11) is 0. The molecular weight excluding hydrogens is 239 g/mol. The standard InChI is InChI=1S/C16H25FN2/c1-4-14-8-10-19(9-7-13(3)18-14)16-6-5-12(2)11-15(16)17/h5-6,11,13-14,18H,4,7-10H2,1-3H3. The number of nitrogens with zero attached hydrogens (tertiary/aromatic N) is 1. The molecule has 2 unspecified atom stereocenters. The largest absolute Gasteiger partial charge is 0.369 e. The molecule has 1 fully saturated rings. The Morgan fingerprint density at radius 1 is 1.32 bits per heavy atom. The minimum absolute atomic E-state index is 0.0887. The van der Waals surface area contributed by atoms with Gasteiger partial charge in [-0.3, -0.25) is 0 Å². The fourth-order valence-electron chi connectivity index (χ4n) is 2.77. The van der Waals surface area contributed by atoms with Gasteiger partial charge in [-0.15, -0.1) is 0 Å². The zero-order valence-electron chi connectivity index (χ0n) is 12.2. The van der Waals surface area contributed by atoms with Crippen LogP contribution in [0.1, 0.15) is 38.7 Å². The smallest absolute Gasteiger partial charge is 0.146 e. The van der Waals surface area contributed by atoms with Crippen LogP contribution in [0.5, 0.6) is 0 Å². The van der Waals surface area contributed by atoms with Crippen LogP contribution in [-0.4, -0.2) is 25.2 Å². The summed E-state index contributed by atoms with van der Waals surface area (Å²) in [5.74, 6) is -0.0887. The summed E-state index contributed by atoms with van der Waals surface area (Å²) in [4.78, 5) is 2.20.